The molecular weight excluding hydrogens is 344 g/mol. The van der Waals surface area contributed by atoms with Crippen molar-refractivity contribution in [2.24, 2.45) is 0 Å². The molecule has 3 nitrogen and oxygen atoms in total. The predicted molar refractivity (Wildman–Crippen MR) is 85.5 cm³/mol. The van der Waals surface area contributed by atoms with Crippen molar-refractivity contribution < 1.29 is 4.74 Å². The second kappa shape index (κ2) is 5.48. The molecule has 0 aliphatic carbocycles. The maximum atomic E-state index is 5.22. The Bertz CT molecular complexity index is 708. The summed E-state index contributed by atoms with van der Waals surface area (Å²) in [5, 5.41) is 6.38. The van der Waals surface area contributed by atoms with Crippen LogP contribution in [-0.4, -0.2) is 12.1 Å². The van der Waals surface area contributed by atoms with Crippen molar-refractivity contribution in [2.45, 2.75) is 6.54 Å². The minimum absolute atomic E-state index is 0.799. The average molecular weight is 355 g/mol. The smallest absolute Gasteiger partial charge is 0.184 e. The van der Waals surface area contributed by atoms with E-state index in [1.807, 2.05) is 18.2 Å². The van der Waals surface area contributed by atoms with Crippen LogP contribution in [0, 0.1) is 0 Å². The standard InChI is InChI=1S/C13H11BrN2OS2/c1-17-9-2-3-11-12(5-9)19-13(16-11)15-6-10-4-8(14)7-18-10/h2-5,7H,6H2,1H3,(H,15,16). The van der Waals surface area contributed by atoms with Crippen molar-refractivity contribution in [2.75, 3.05) is 12.4 Å². The van der Waals surface area contributed by atoms with Crippen LogP contribution in [0.1, 0.15) is 4.88 Å². The van der Waals surface area contributed by atoms with E-state index in [1.165, 1.54) is 4.88 Å². The minimum atomic E-state index is 0.799. The third kappa shape index (κ3) is 2.91. The summed E-state index contributed by atoms with van der Waals surface area (Å²) >= 11 is 6.83. The van der Waals surface area contributed by atoms with E-state index < -0.39 is 0 Å². The van der Waals surface area contributed by atoms with Crippen molar-refractivity contribution in [3.8, 4) is 5.75 Å². The van der Waals surface area contributed by atoms with E-state index in [0.717, 1.165) is 32.1 Å². The molecule has 2 heterocycles. The number of benzene rings is 1. The molecule has 0 unspecified atom stereocenters. The highest BCUT2D eigenvalue weighted by Gasteiger charge is 2.05. The maximum absolute atomic E-state index is 5.22. The van der Waals surface area contributed by atoms with Gasteiger partial charge in [0.25, 0.3) is 0 Å². The van der Waals surface area contributed by atoms with Crippen molar-refractivity contribution in [1.29, 1.82) is 0 Å². The maximum Gasteiger partial charge on any atom is 0.184 e. The van der Waals surface area contributed by atoms with E-state index in [2.05, 4.69) is 37.7 Å². The number of nitrogens with one attached hydrogen (secondary N) is 1. The Morgan fingerprint density at radius 2 is 2.26 bits per heavy atom. The van der Waals surface area contributed by atoms with Gasteiger partial charge in [0.1, 0.15) is 5.75 Å². The zero-order chi connectivity index (χ0) is 13.2. The van der Waals surface area contributed by atoms with Gasteiger partial charge in [0.2, 0.25) is 0 Å². The van der Waals surface area contributed by atoms with E-state index in [9.17, 15) is 0 Å². The molecule has 3 aromatic rings. The molecule has 19 heavy (non-hydrogen) atoms. The van der Waals surface area contributed by atoms with Gasteiger partial charge < -0.3 is 10.1 Å². The number of thiazole rings is 1. The first-order chi connectivity index (χ1) is 9.24. The summed E-state index contributed by atoms with van der Waals surface area (Å²) in [5.41, 5.74) is 1.00. The summed E-state index contributed by atoms with van der Waals surface area (Å²) in [6.07, 6.45) is 0. The van der Waals surface area contributed by atoms with Gasteiger partial charge in [-0.15, -0.1) is 11.3 Å². The molecule has 0 bridgehead atoms. The Kier molecular flexibility index (Phi) is 3.72. The molecule has 0 aliphatic rings. The quantitative estimate of drug-likeness (QED) is 0.734. The highest BCUT2D eigenvalue weighted by molar-refractivity contribution is 9.10. The van der Waals surface area contributed by atoms with E-state index >= 15 is 0 Å². The molecule has 0 atom stereocenters. The number of hydrogen-bond donors (Lipinski definition) is 1. The second-order valence-electron chi connectivity index (χ2n) is 3.94. The fraction of sp³-hybridized carbons (Fsp3) is 0.154. The first-order valence-electron chi connectivity index (χ1n) is 5.66. The predicted octanol–water partition coefficient (Wildman–Crippen LogP) is 4.74. The minimum Gasteiger partial charge on any atom is -0.497 e. The Morgan fingerprint density at radius 3 is 3.00 bits per heavy atom. The molecule has 0 saturated heterocycles. The Hall–Kier alpha value is -1.11. The van der Waals surface area contributed by atoms with Crippen LogP contribution in [0.4, 0.5) is 5.13 Å². The second-order valence-corrected chi connectivity index (χ2v) is 6.88. The summed E-state index contributed by atoms with van der Waals surface area (Å²) in [6, 6.07) is 8.05. The molecule has 0 spiro atoms. The van der Waals surface area contributed by atoms with Crippen LogP contribution >= 0.6 is 38.6 Å². The first-order valence-corrected chi connectivity index (χ1v) is 8.15. The van der Waals surface area contributed by atoms with E-state index in [0.29, 0.717) is 0 Å². The lowest BCUT2D eigenvalue weighted by Crippen LogP contribution is -1.95. The highest BCUT2D eigenvalue weighted by Crippen LogP contribution is 2.30. The molecule has 3 rings (SSSR count). The van der Waals surface area contributed by atoms with Crippen molar-refractivity contribution in [3.63, 3.8) is 0 Å². The number of rotatable bonds is 4. The fourth-order valence-electron chi connectivity index (χ4n) is 1.72. The van der Waals surface area contributed by atoms with E-state index in [4.69, 9.17) is 4.74 Å². The van der Waals surface area contributed by atoms with Gasteiger partial charge in [-0.3, -0.25) is 0 Å². The van der Waals surface area contributed by atoms with Gasteiger partial charge in [-0.25, -0.2) is 4.98 Å². The molecule has 0 fully saturated rings. The van der Waals surface area contributed by atoms with Gasteiger partial charge in [0, 0.05) is 14.7 Å². The number of hydrogen-bond acceptors (Lipinski definition) is 5. The zero-order valence-corrected chi connectivity index (χ0v) is 13.4. The van der Waals surface area contributed by atoms with Crippen molar-refractivity contribution >= 4 is 54.0 Å². The number of anilines is 1. The topological polar surface area (TPSA) is 34.1 Å². The number of ether oxygens (including phenoxy) is 1. The molecule has 0 radical (unpaired) electrons. The molecule has 1 N–H and O–H groups in total. The normalized spacial score (nSPS) is 10.8. The van der Waals surface area contributed by atoms with Crippen molar-refractivity contribution in [1.82, 2.24) is 4.98 Å². The largest absolute Gasteiger partial charge is 0.497 e. The number of thiophene rings is 1. The summed E-state index contributed by atoms with van der Waals surface area (Å²) < 4.78 is 7.48. The number of fused-ring (bicyclic) bond motifs is 1. The number of halogens is 1. The van der Waals surface area contributed by atoms with Crippen LogP contribution < -0.4 is 10.1 Å². The lowest BCUT2D eigenvalue weighted by atomic mass is 10.3. The highest BCUT2D eigenvalue weighted by atomic mass is 79.9. The lowest BCUT2D eigenvalue weighted by molar-refractivity contribution is 0.415. The summed E-state index contributed by atoms with van der Waals surface area (Å²) in [4.78, 5) is 5.84. The fourth-order valence-corrected chi connectivity index (χ4v) is 4.00. The van der Waals surface area contributed by atoms with Gasteiger partial charge in [-0.2, -0.15) is 0 Å². The average Bonchev–Trinajstić information content (AvgIpc) is 3.01. The van der Waals surface area contributed by atoms with Crippen LogP contribution in [0.2, 0.25) is 0 Å². The van der Waals surface area contributed by atoms with Crippen LogP contribution in [-0.2, 0) is 6.54 Å². The van der Waals surface area contributed by atoms with Crippen LogP contribution in [0.25, 0.3) is 10.2 Å². The van der Waals surface area contributed by atoms with Crippen molar-refractivity contribution in [3.05, 3.63) is 39.0 Å². The molecular formula is C13H11BrN2OS2. The summed E-state index contributed by atoms with van der Waals surface area (Å²) in [6.45, 7) is 0.799. The number of methoxy groups -OCH3 is 1. The lowest BCUT2D eigenvalue weighted by Gasteiger charge is -1.98. The molecule has 6 heteroatoms. The monoisotopic (exact) mass is 354 g/mol. The zero-order valence-electron chi connectivity index (χ0n) is 10.1. The van der Waals surface area contributed by atoms with Crippen LogP contribution in [0.3, 0.4) is 0 Å². The first kappa shape index (κ1) is 12.9. The number of aromatic nitrogens is 1. The van der Waals surface area contributed by atoms with E-state index in [1.54, 1.807) is 29.8 Å². The third-order valence-electron chi connectivity index (χ3n) is 2.63. The SMILES string of the molecule is COc1ccc2nc(NCc3cc(Br)cs3)sc2c1. The molecule has 0 saturated carbocycles. The molecule has 1 aromatic carbocycles. The van der Waals surface area contributed by atoms with Crippen LogP contribution in [0.5, 0.6) is 5.75 Å². The van der Waals surface area contributed by atoms with Gasteiger partial charge in [0.15, 0.2) is 5.13 Å². The van der Waals surface area contributed by atoms with Gasteiger partial charge in [-0.1, -0.05) is 11.3 Å². The summed E-state index contributed by atoms with van der Waals surface area (Å²) in [5.74, 6) is 0.866. The van der Waals surface area contributed by atoms with Gasteiger partial charge in [0.05, 0.1) is 23.9 Å². The van der Waals surface area contributed by atoms with Gasteiger partial charge in [-0.05, 0) is 40.2 Å². The molecule has 98 valence electrons. The van der Waals surface area contributed by atoms with Crippen LogP contribution in [0.15, 0.2) is 34.1 Å². The molecule has 0 aliphatic heterocycles. The van der Waals surface area contributed by atoms with E-state index in [-0.39, 0.29) is 0 Å². The summed E-state index contributed by atoms with van der Waals surface area (Å²) in [7, 11) is 1.68. The third-order valence-corrected chi connectivity index (χ3v) is 5.30. The molecule has 2 aromatic heterocycles. The Morgan fingerprint density at radius 1 is 1.37 bits per heavy atom. The Balaban J connectivity index is 1.77. The Labute approximate surface area is 127 Å². The van der Waals surface area contributed by atoms with Gasteiger partial charge >= 0.3 is 0 Å². The number of nitrogens with zero attached hydrogens (tertiary/aromatic N) is 1. The molecule has 0 amide bonds.